The maximum atomic E-state index is 11.3. The zero-order chi connectivity index (χ0) is 22.2. The van der Waals surface area contributed by atoms with Crippen molar-refractivity contribution in [1.82, 2.24) is 0 Å². The van der Waals surface area contributed by atoms with Crippen LogP contribution in [-0.2, 0) is 10.1 Å². The Labute approximate surface area is 200 Å². The Hall–Kier alpha value is -2.68. The second-order valence-corrected chi connectivity index (χ2v) is 7.56. The summed E-state index contributed by atoms with van der Waals surface area (Å²) in [6.07, 6.45) is 0. The first-order chi connectivity index (χ1) is 14.0. The van der Waals surface area contributed by atoms with Crippen LogP contribution in [0.4, 0.5) is 22.7 Å². The molecule has 0 radical (unpaired) electrons. The molecule has 0 aliphatic carbocycles. The van der Waals surface area contributed by atoms with Crippen molar-refractivity contribution >= 4 is 55.2 Å². The van der Waals surface area contributed by atoms with Gasteiger partial charge in [-0.2, -0.15) is 0 Å². The quantitative estimate of drug-likeness (QED) is 0.188. The number of hydrogen-bond donors (Lipinski definition) is 1. The number of rotatable bonds is 5. The van der Waals surface area contributed by atoms with E-state index in [2.05, 4.69) is 10.2 Å². The number of phenolic OH excluding ortho intramolecular Hbond substituents is 1. The predicted molar refractivity (Wildman–Crippen MR) is 103 cm³/mol. The van der Waals surface area contributed by atoms with Gasteiger partial charge in [0.25, 0.3) is 5.69 Å². The van der Waals surface area contributed by atoms with Crippen LogP contribution in [-0.4, -0.2) is 27.9 Å². The van der Waals surface area contributed by atoms with E-state index in [0.29, 0.717) is 6.07 Å². The first-order valence-electron chi connectivity index (χ1n) is 7.74. The maximum Gasteiger partial charge on any atom is 1.00 e. The van der Waals surface area contributed by atoms with Gasteiger partial charge < -0.3 is 9.66 Å². The van der Waals surface area contributed by atoms with E-state index in [-0.39, 0.29) is 51.8 Å². The Morgan fingerprint density at radius 2 is 1.61 bits per heavy atom. The zero-order valence-corrected chi connectivity index (χ0v) is 19.0. The summed E-state index contributed by atoms with van der Waals surface area (Å²) in [7, 11) is -4.81. The average molecular weight is 475 g/mol. The monoisotopic (exact) mass is 474 g/mol. The number of phenols is 1. The summed E-state index contributed by atoms with van der Waals surface area (Å²) in [5.41, 5.74) is -1.91. The van der Waals surface area contributed by atoms with Gasteiger partial charge in [0, 0.05) is 16.8 Å². The van der Waals surface area contributed by atoms with Gasteiger partial charge in [-0.25, -0.2) is 8.42 Å². The summed E-state index contributed by atoms with van der Waals surface area (Å²) in [6.45, 7) is 0. The van der Waals surface area contributed by atoms with Crippen molar-refractivity contribution in [3.05, 3.63) is 67.7 Å². The van der Waals surface area contributed by atoms with Crippen LogP contribution in [0.15, 0.2) is 57.6 Å². The molecule has 0 bridgehead atoms. The van der Waals surface area contributed by atoms with E-state index in [1.54, 1.807) is 0 Å². The number of nitrogens with zero attached hydrogens (tertiary/aromatic N) is 4. The van der Waals surface area contributed by atoms with Crippen molar-refractivity contribution in [2.75, 3.05) is 0 Å². The molecule has 0 heterocycles. The third kappa shape index (κ3) is 5.15. The van der Waals surface area contributed by atoms with E-state index < -0.39 is 46.9 Å². The first-order valence-corrected chi connectivity index (χ1v) is 9.53. The molecule has 1 N–H and O–H groups in total. The van der Waals surface area contributed by atoms with E-state index in [1.165, 1.54) is 18.2 Å². The molecule has 0 saturated carbocycles. The molecule has 0 fully saturated rings. The summed E-state index contributed by atoms with van der Waals surface area (Å²) < 4.78 is 33.9. The van der Waals surface area contributed by atoms with Crippen LogP contribution in [0.5, 0.6) is 5.75 Å². The number of fused-ring (bicyclic) bond motifs is 1. The summed E-state index contributed by atoms with van der Waals surface area (Å²) in [4.78, 5) is 19.8. The fraction of sp³-hybridized carbons (Fsp3) is 0. The summed E-state index contributed by atoms with van der Waals surface area (Å²) in [5, 5.41) is 39.3. The van der Waals surface area contributed by atoms with Crippen molar-refractivity contribution in [3.8, 4) is 5.75 Å². The second kappa shape index (κ2) is 9.21. The Balaban J connectivity index is 0.00000341. The average Bonchev–Trinajstić information content (AvgIpc) is 2.66. The normalized spacial score (nSPS) is 11.4. The minimum absolute atomic E-state index is 0. The van der Waals surface area contributed by atoms with Crippen molar-refractivity contribution in [3.63, 3.8) is 0 Å². The molecule has 31 heavy (non-hydrogen) atoms. The van der Waals surface area contributed by atoms with Gasteiger partial charge in [-0.3, -0.25) is 20.2 Å². The number of nitro benzene ring substituents is 2. The minimum atomic E-state index is -4.81. The molecule has 154 valence electrons. The fourth-order valence-electron chi connectivity index (χ4n) is 2.56. The number of azo groups is 1. The SMILES string of the molecule is O=[N+]([O-])c1cc(Cl)c(N=Nc2ccc(O)c3ccc(S(=O)(=O)[O-])cc23)c([N+](=O)[O-])c1.[Na+]. The summed E-state index contributed by atoms with van der Waals surface area (Å²) in [6, 6.07) is 7.13. The molecule has 0 amide bonds. The molecule has 0 aliphatic rings. The smallest absolute Gasteiger partial charge is 0.744 e. The third-order valence-electron chi connectivity index (χ3n) is 3.92. The largest absolute Gasteiger partial charge is 1.00 e. The van der Waals surface area contributed by atoms with Gasteiger partial charge >= 0.3 is 35.2 Å². The standard InChI is InChI=1S/C16H9ClN4O8S.Na/c17-12-5-8(20(23)24)6-14(21(25)26)16(12)19-18-13-3-4-15(22)10-2-1-9(7-11(10)13)30(27,28)29;/h1-7,22H,(H,27,28,29);/q;+1/p-1. The van der Waals surface area contributed by atoms with Crippen molar-refractivity contribution in [2.45, 2.75) is 4.90 Å². The second-order valence-electron chi connectivity index (χ2n) is 5.77. The van der Waals surface area contributed by atoms with Gasteiger partial charge in [-0.15, -0.1) is 10.2 Å². The Morgan fingerprint density at radius 1 is 0.935 bits per heavy atom. The molecular formula is C16H8ClN4NaO8S. The van der Waals surface area contributed by atoms with Gasteiger partial charge in [0.2, 0.25) is 0 Å². The molecule has 12 nitrogen and oxygen atoms in total. The topological polar surface area (TPSA) is 188 Å². The Kier molecular flexibility index (Phi) is 7.31. The molecule has 3 aromatic carbocycles. The first kappa shape index (κ1) is 24.6. The minimum Gasteiger partial charge on any atom is -0.744 e. The molecular weight excluding hydrogens is 467 g/mol. The molecule has 0 unspecified atom stereocenters. The van der Waals surface area contributed by atoms with Crippen LogP contribution in [0.3, 0.4) is 0 Å². The van der Waals surface area contributed by atoms with Crippen LogP contribution in [0.1, 0.15) is 0 Å². The number of hydrogen-bond acceptors (Lipinski definition) is 10. The molecule has 0 spiro atoms. The van der Waals surface area contributed by atoms with Crippen LogP contribution in [0.2, 0.25) is 5.02 Å². The number of non-ortho nitro benzene ring substituents is 1. The molecule has 0 atom stereocenters. The number of aromatic hydroxyl groups is 1. The maximum absolute atomic E-state index is 11.3. The molecule has 0 saturated heterocycles. The van der Waals surface area contributed by atoms with E-state index in [0.717, 1.165) is 18.2 Å². The molecule has 15 heteroatoms. The van der Waals surface area contributed by atoms with Gasteiger partial charge in [-0.05, 0) is 30.3 Å². The van der Waals surface area contributed by atoms with Crippen molar-refractivity contribution in [2.24, 2.45) is 10.2 Å². The van der Waals surface area contributed by atoms with Crippen molar-refractivity contribution < 1.29 is 57.5 Å². The summed E-state index contributed by atoms with van der Waals surface area (Å²) >= 11 is 5.89. The molecule has 3 rings (SSSR count). The van der Waals surface area contributed by atoms with Gasteiger partial charge in [0.15, 0.2) is 5.69 Å². The predicted octanol–water partition coefficient (Wildman–Crippen LogP) is 1.34. The van der Waals surface area contributed by atoms with Gasteiger partial charge in [0.1, 0.15) is 15.9 Å². The number of halogens is 1. The van der Waals surface area contributed by atoms with E-state index in [9.17, 15) is 38.3 Å². The van der Waals surface area contributed by atoms with E-state index in [4.69, 9.17) is 11.6 Å². The Bertz CT molecular complexity index is 1360. The Morgan fingerprint density at radius 3 is 2.19 bits per heavy atom. The molecule has 3 aromatic rings. The van der Waals surface area contributed by atoms with Gasteiger partial charge in [-0.1, -0.05) is 11.6 Å². The molecule has 0 aliphatic heterocycles. The van der Waals surface area contributed by atoms with Crippen LogP contribution in [0.25, 0.3) is 10.8 Å². The van der Waals surface area contributed by atoms with Crippen LogP contribution < -0.4 is 29.6 Å². The van der Waals surface area contributed by atoms with Crippen LogP contribution in [0, 0.1) is 20.2 Å². The fourth-order valence-corrected chi connectivity index (χ4v) is 3.30. The van der Waals surface area contributed by atoms with Gasteiger partial charge in [0.05, 0.1) is 31.5 Å². The van der Waals surface area contributed by atoms with Crippen molar-refractivity contribution in [1.29, 1.82) is 0 Å². The van der Waals surface area contributed by atoms with Crippen LogP contribution >= 0.6 is 11.6 Å². The van der Waals surface area contributed by atoms with E-state index >= 15 is 0 Å². The van der Waals surface area contributed by atoms with E-state index in [1.807, 2.05) is 0 Å². The number of nitro groups is 2. The third-order valence-corrected chi connectivity index (χ3v) is 5.04. The molecule has 0 aromatic heterocycles. The summed E-state index contributed by atoms with van der Waals surface area (Å²) in [5.74, 6) is -0.238. The zero-order valence-electron chi connectivity index (χ0n) is 15.4. The number of benzene rings is 3.